The van der Waals surface area contributed by atoms with Gasteiger partial charge in [0, 0.05) is 25.2 Å². The molecule has 1 aromatic carbocycles. The van der Waals surface area contributed by atoms with E-state index in [9.17, 15) is 14.0 Å². The van der Waals surface area contributed by atoms with E-state index in [4.69, 9.17) is 11.6 Å². The molecule has 2 heterocycles. The molecule has 0 unspecified atom stereocenters. The summed E-state index contributed by atoms with van der Waals surface area (Å²) in [5, 5.41) is 3.45. The van der Waals surface area contributed by atoms with Gasteiger partial charge in [0.25, 0.3) is 11.8 Å². The van der Waals surface area contributed by atoms with E-state index in [1.165, 1.54) is 23.5 Å². The number of rotatable bonds is 6. The van der Waals surface area contributed by atoms with Gasteiger partial charge in [-0.3, -0.25) is 9.59 Å². The van der Waals surface area contributed by atoms with Gasteiger partial charge in [-0.1, -0.05) is 18.5 Å². The maximum Gasteiger partial charge on any atom is 0.264 e. The van der Waals surface area contributed by atoms with E-state index in [1.807, 2.05) is 13.0 Å². The number of hydrogen-bond donors (Lipinski definition) is 1. The van der Waals surface area contributed by atoms with Crippen molar-refractivity contribution in [3.05, 3.63) is 51.1 Å². The molecule has 2 amide bonds. The number of halogens is 2. The minimum absolute atomic E-state index is 0.0559. The van der Waals surface area contributed by atoms with Gasteiger partial charge < -0.3 is 15.1 Å². The second-order valence-electron chi connectivity index (χ2n) is 8.31. The number of anilines is 1. The van der Waals surface area contributed by atoms with Crippen molar-refractivity contribution in [2.45, 2.75) is 51.6 Å². The van der Waals surface area contributed by atoms with Gasteiger partial charge in [-0.15, -0.1) is 11.3 Å². The molecule has 5 nitrogen and oxygen atoms in total. The highest BCUT2D eigenvalue weighted by Gasteiger charge is 2.39. The van der Waals surface area contributed by atoms with Crippen LogP contribution < -0.4 is 5.32 Å². The molecule has 1 aromatic heterocycles. The first-order valence-corrected chi connectivity index (χ1v) is 12.0. The van der Waals surface area contributed by atoms with Crippen LogP contribution in [0.2, 0.25) is 5.02 Å². The van der Waals surface area contributed by atoms with E-state index < -0.39 is 11.7 Å². The molecule has 2 aromatic rings. The Morgan fingerprint density at radius 2 is 1.87 bits per heavy atom. The van der Waals surface area contributed by atoms with Crippen molar-refractivity contribution in [2.24, 2.45) is 0 Å². The van der Waals surface area contributed by atoms with Crippen LogP contribution in [0, 0.1) is 12.7 Å². The number of piperidine rings is 1. The third-order valence-corrected chi connectivity index (χ3v) is 7.55. The molecule has 8 heteroatoms. The molecule has 0 spiro atoms. The first-order chi connectivity index (χ1) is 14.9. The Balaban J connectivity index is 1.49. The summed E-state index contributed by atoms with van der Waals surface area (Å²) in [6.07, 6.45) is 4.15. The lowest BCUT2D eigenvalue weighted by Crippen LogP contribution is -2.48. The van der Waals surface area contributed by atoms with Gasteiger partial charge in [0.05, 0.1) is 20.5 Å². The number of carbonyl (C=O) groups excluding carboxylic acids is 2. The van der Waals surface area contributed by atoms with Gasteiger partial charge >= 0.3 is 0 Å². The van der Waals surface area contributed by atoms with Crippen molar-refractivity contribution in [2.75, 3.05) is 25.0 Å². The number of thiophene rings is 1. The summed E-state index contributed by atoms with van der Waals surface area (Å²) < 4.78 is 13.3. The van der Waals surface area contributed by atoms with Crippen molar-refractivity contribution in [1.82, 2.24) is 9.80 Å². The van der Waals surface area contributed by atoms with E-state index in [0.29, 0.717) is 15.9 Å². The molecule has 166 valence electrons. The van der Waals surface area contributed by atoms with E-state index in [0.717, 1.165) is 56.9 Å². The van der Waals surface area contributed by atoms with Crippen LogP contribution in [0.25, 0.3) is 0 Å². The van der Waals surface area contributed by atoms with Gasteiger partial charge in [-0.05, 0) is 69.0 Å². The molecule has 31 heavy (non-hydrogen) atoms. The standard InChI is InChI=1S/C23H27ClFN3O2S/c1-3-27-10-8-17(9-11-27)28(16-5-6-16)23(30)21-14(2)12-20(31-21)26-22(29)18-7-4-15(25)13-19(18)24/h4,7,12-13,16-17H,3,5-6,8-11H2,1-2H3,(H,26,29). The van der Waals surface area contributed by atoms with Gasteiger partial charge in [-0.2, -0.15) is 0 Å². The Morgan fingerprint density at radius 1 is 1.19 bits per heavy atom. The van der Waals surface area contributed by atoms with E-state index in [1.54, 1.807) is 0 Å². The second-order valence-corrected chi connectivity index (χ2v) is 9.77. The van der Waals surface area contributed by atoms with Gasteiger partial charge in [-0.25, -0.2) is 4.39 Å². The van der Waals surface area contributed by atoms with E-state index in [-0.39, 0.29) is 22.5 Å². The molecule has 0 radical (unpaired) electrons. The second kappa shape index (κ2) is 9.27. The smallest absolute Gasteiger partial charge is 0.264 e. The van der Waals surface area contributed by atoms with Crippen LogP contribution in [-0.4, -0.2) is 53.3 Å². The summed E-state index contributed by atoms with van der Waals surface area (Å²) in [6, 6.07) is 6.10. The van der Waals surface area contributed by atoms with Crippen molar-refractivity contribution in [1.29, 1.82) is 0 Å². The lowest BCUT2D eigenvalue weighted by Gasteiger charge is -2.38. The zero-order chi connectivity index (χ0) is 22.1. The monoisotopic (exact) mass is 463 g/mol. The average molecular weight is 464 g/mol. The maximum absolute atomic E-state index is 13.5. The zero-order valence-corrected chi connectivity index (χ0v) is 19.4. The molecule has 0 bridgehead atoms. The fourth-order valence-electron chi connectivity index (χ4n) is 4.22. The molecule has 1 saturated carbocycles. The van der Waals surface area contributed by atoms with Crippen molar-refractivity contribution < 1.29 is 14.0 Å². The van der Waals surface area contributed by atoms with Gasteiger partial charge in [0.2, 0.25) is 0 Å². The number of carbonyl (C=O) groups is 2. The topological polar surface area (TPSA) is 52.6 Å². The summed E-state index contributed by atoms with van der Waals surface area (Å²) >= 11 is 7.30. The molecule has 2 fully saturated rings. The predicted octanol–water partition coefficient (Wildman–Crippen LogP) is 5.19. The lowest BCUT2D eigenvalue weighted by molar-refractivity contribution is 0.0558. The van der Waals surface area contributed by atoms with Crippen LogP contribution in [0.5, 0.6) is 0 Å². The summed E-state index contributed by atoms with van der Waals surface area (Å²) in [4.78, 5) is 31.3. The molecule has 0 atom stereocenters. The van der Waals surface area contributed by atoms with Gasteiger partial charge in [0.1, 0.15) is 5.82 Å². The molecule has 4 rings (SSSR count). The number of nitrogens with one attached hydrogen (secondary N) is 1. The number of aryl methyl sites for hydroxylation is 1. The summed E-state index contributed by atoms with van der Waals surface area (Å²) in [7, 11) is 0. The number of hydrogen-bond acceptors (Lipinski definition) is 4. The molecule has 1 N–H and O–H groups in total. The predicted molar refractivity (Wildman–Crippen MR) is 123 cm³/mol. The normalized spacial score (nSPS) is 17.5. The highest BCUT2D eigenvalue weighted by molar-refractivity contribution is 7.18. The number of amides is 2. The highest BCUT2D eigenvalue weighted by atomic mass is 35.5. The van der Waals surface area contributed by atoms with Crippen LogP contribution in [-0.2, 0) is 0 Å². The molecule has 1 aliphatic heterocycles. The summed E-state index contributed by atoms with van der Waals surface area (Å²) in [5.41, 5.74) is 1.05. The van der Waals surface area contributed by atoms with Crippen LogP contribution >= 0.6 is 22.9 Å². The minimum atomic E-state index is -0.494. The van der Waals surface area contributed by atoms with E-state index in [2.05, 4.69) is 22.0 Å². The largest absolute Gasteiger partial charge is 0.332 e. The molecule has 1 saturated heterocycles. The number of likely N-dealkylation sites (tertiary alicyclic amines) is 1. The van der Waals surface area contributed by atoms with Crippen LogP contribution in [0.4, 0.5) is 9.39 Å². The Morgan fingerprint density at radius 3 is 2.48 bits per heavy atom. The van der Waals surface area contributed by atoms with Crippen molar-refractivity contribution >= 4 is 39.8 Å². The average Bonchev–Trinajstić information content (AvgIpc) is 3.50. The Labute approximate surface area is 191 Å². The Kier molecular flexibility index (Phi) is 6.65. The Bertz CT molecular complexity index is 983. The molecule has 2 aliphatic rings. The van der Waals surface area contributed by atoms with Crippen LogP contribution in [0.1, 0.15) is 58.2 Å². The lowest BCUT2D eigenvalue weighted by atomic mass is 10.0. The maximum atomic E-state index is 13.5. The third-order valence-electron chi connectivity index (χ3n) is 6.10. The van der Waals surface area contributed by atoms with Crippen LogP contribution in [0.3, 0.4) is 0 Å². The van der Waals surface area contributed by atoms with Crippen molar-refractivity contribution in [3.8, 4) is 0 Å². The summed E-state index contributed by atoms with van der Waals surface area (Å²) in [5.74, 6) is -0.845. The minimum Gasteiger partial charge on any atom is -0.332 e. The first-order valence-electron chi connectivity index (χ1n) is 10.8. The first kappa shape index (κ1) is 22.2. The fourth-order valence-corrected chi connectivity index (χ4v) is 5.49. The zero-order valence-electron chi connectivity index (χ0n) is 17.8. The number of nitrogens with zero attached hydrogens (tertiary/aromatic N) is 2. The Hall–Kier alpha value is -1.96. The molecular weight excluding hydrogens is 437 g/mol. The van der Waals surface area contributed by atoms with Gasteiger partial charge in [0.15, 0.2) is 0 Å². The van der Waals surface area contributed by atoms with Crippen molar-refractivity contribution in [3.63, 3.8) is 0 Å². The summed E-state index contributed by atoms with van der Waals surface area (Å²) in [6.45, 7) is 7.18. The third kappa shape index (κ3) is 4.94. The molecular formula is C23H27ClFN3O2S. The van der Waals surface area contributed by atoms with Crippen LogP contribution in [0.15, 0.2) is 24.3 Å². The SMILES string of the molecule is CCN1CCC(N(C(=O)c2sc(NC(=O)c3ccc(F)cc3Cl)cc2C)C2CC2)CC1. The molecule has 1 aliphatic carbocycles. The van der Waals surface area contributed by atoms with E-state index >= 15 is 0 Å². The quantitative estimate of drug-likeness (QED) is 0.641. The number of benzene rings is 1. The highest BCUT2D eigenvalue weighted by Crippen LogP contribution is 2.36. The fraction of sp³-hybridized carbons (Fsp3) is 0.478.